The second-order valence-electron chi connectivity index (χ2n) is 6.92. The van der Waals surface area contributed by atoms with Gasteiger partial charge in [-0.25, -0.2) is 4.90 Å². The van der Waals surface area contributed by atoms with Crippen molar-refractivity contribution < 1.29 is 19.1 Å². The number of imide groups is 1. The van der Waals surface area contributed by atoms with Crippen molar-refractivity contribution >= 4 is 46.0 Å². The lowest BCUT2D eigenvalue weighted by molar-refractivity contribution is -0.142. The summed E-state index contributed by atoms with van der Waals surface area (Å²) in [6, 6.07) is 15.2. The first kappa shape index (κ1) is 21.3. The SMILES string of the molecule is CCC(C)N(C(=O)COc1ccccc1)C1CC(=O)N(c2ccc(I)cc2)C1=O. The molecular weight excluding hydrogens is 483 g/mol. The molecule has 29 heavy (non-hydrogen) atoms. The van der Waals surface area contributed by atoms with Gasteiger partial charge in [0.15, 0.2) is 6.61 Å². The van der Waals surface area contributed by atoms with E-state index in [1.807, 2.05) is 44.2 Å². The van der Waals surface area contributed by atoms with E-state index in [1.165, 1.54) is 9.80 Å². The van der Waals surface area contributed by atoms with Crippen LogP contribution in [-0.2, 0) is 14.4 Å². The van der Waals surface area contributed by atoms with Gasteiger partial charge in [0, 0.05) is 9.61 Å². The third-order valence-electron chi connectivity index (χ3n) is 5.00. The molecule has 1 aliphatic rings. The van der Waals surface area contributed by atoms with Crippen molar-refractivity contribution in [2.75, 3.05) is 11.5 Å². The van der Waals surface area contributed by atoms with E-state index < -0.39 is 6.04 Å². The summed E-state index contributed by atoms with van der Waals surface area (Å²) in [4.78, 5) is 41.4. The molecule has 3 amide bonds. The molecule has 6 nitrogen and oxygen atoms in total. The summed E-state index contributed by atoms with van der Waals surface area (Å²) in [5.41, 5.74) is 0.528. The molecule has 0 N–H and O–H groups in total. The maximum atomic E-state index is 13.1. The maximum absolute atomic E-state index is 13.1. The van der Waals surface area contributed by atoms with Gasteiger partial charge in [-0.15, -0.1) is 0 Å². The van der Waals surface area contributed by atoms with Crippen molar-refractivity contribution in [1.82, 2.24) is 4.90 Å². The summed E-state index contributed by atoms with van der Waals surface area (Å²) >= 11 is 2.17. The summed E-state index contributed by atoms with van der Waals surface area (Å²) in [5.74, 6) is -0.394. The molecular formula is C22H23IN2O4. The number of nitrogens with zero attached hydrogens (tertiary/aromatic N) is 2. The minimum atomic E-state index is -0.816. The van der Waals surface area contributed by atoms with Crippen LogP contribution >= 0.6 is 22.6 Å². The Balaban J connectivity index is 1.79. The number of carbonyl (C=O) groups is 3. The number of carbonyl (C=O) groups excluding carboxylic acids is 3. The van der Waals surface area contributed by atoms with Crippen LogP contribution in [0.3, 0.4) is 0 Å². The first-order valence-corrected chi connectivity index (χ1v) is 10.6. The van der Waals surface area contributed by atoms with E-state index in [2.05, 4.69) is 22.6 Å². The molecule has 2 unspecified atom stereocenters. The molecule has 2 atom stereocenters. The third kappa shape index (κ3) is 4.77. The largest absolute Gasteiger partial charge is 0.484 e. The van der Waals surface area contributed by atoms with Crippen molar-refractivity contribution in [3.8, 4) is 5.75 Å². The van der Waals surface area contributed by atoms with Gasteiger partial charge in [-0.1, -0.05) is 25.1 Å². The fourth-order valence-electron chi connectivity index (χ4n) is 3.35. The molecule has 3 rings (SSSR count). The van der Waals surface area contributed by atoms with Crippen molar-refractivity contribution in [1.29, 1.82) is 0 Å². The fraction of sp³-hybridized carbons (Fsp3) is 0.318. The van der Waals surface area contributed by atoms with Crippen molar-refractivity contribution in [2.45, 2.75) is 38.8 Å². The lowest BCUT2D eigenvalue weighted by atomic mass is 10.1. The van der Waals surface area contributed by atoms with Crippen LogP contribution in [0.5, 0.6) is 5.75 Å². The number of rotatable bonds is 7. The van der Waals surface area contributed by atoms with Crippen LogP contribution in [0.15, 0.2) is 54.6 Å². The second-order valence-corrected chi connectivity index (χ2v) is 8.17. The fourth-order valence-corrected chi connectivity index (χ4v) is 3.71. The van der Waals surface area contributed by atoms with Gasteiger partial charge >= 0.3 is 0 Å². The molecule has 1 saturated heterocycles. The Bertz CT molecular complexity index is 885. The Morgan fingerprint density at radius 1 is 1.17 bits per heavy atom. The van der Waals surface area contributed by atoms with Gasteiger partial charge in [-0.05, 0) is 72.3 Å². The number of hydrogen-bond acceptors (Lipinski definition) is 4. The van der Waals surface area contributed by atoms with Crippen LogP contribution in [0.1, 0.15) is 26.7 Å². The Morgan fingerprint density at radius 2 is 1.83 bits per heavy atom. The van der Waals surface area contributed by atoms with E-state index in [9.17, 15) is 14.4 Å². The molecule has 2 aromatic rings. The van der Waals surface area contributed by atoms with Crippen molar-refractivity contribution in [3.05, 3.63) is 58.2 Å². The molecule has 0 aromatic heterocycles. The van der Waals surface area contributed by atoms with Gasteiger partial charge in [0.2, 0.25) is 5.91 Å². The van der Waals surface area contributed by atoms with Crippen LogP contribution in [0.2, 0.25) is 0 Å². The third-order valence-corrected chi connectivity index (χ3v) is 5.72. The molecule has 0 saturated carbocycles. The van der Waals surface area contributed by atoms with E-state index in [1.54, 1.807) is 24.3 Å². The zero-order valence-corrected chi connectivity index (χ0v) is 18.5. The average molecular weight is 506 g/mol. The predicted molar refractivity (Wildman–Crippen MR) is 119 cm³/mol. The lowest BCUT2D eigenvalue weighted by Gasteiger charge is -2.32. The van der Waals surface area contributed by atoms with Crippen molar-refractivity contribution in [3.63, 3.8) is 0 Å². The van der Waals surface area contributed by atoms with Gasteiger partial charge in [-0.3, -0.25) is 14.4 Å². The zero-order valence-electron chi connectivity index (χ0n) is 16.4. The highest BCUT2D eigenvalue weighted by Gasteiger charge is 2.45. The summed E-state index contributed by atoms with van der Waals surface area (Å²) in [5, 5.41) is 0. The molecule has 0 bridgehead atoms. The number of para-hydroxylation sites is 1. The number of benzene rings is 2. The van der Waals surface area contributed by atoms with Crippen LogP contribution in [0.25, 0.3) is 0 Å². The van der Waals surface area contributed by atoms with Gasteiger partial charge in [0.25, 0.3) is 11.8 Å². The molecule has 152 valence electrons. The minimum Gasteiger partial charge on any atom is -0.484 e. The molecule has 1 fully saturated rings. The molecule has 0 aliphatic carbocycles. The standard InChI is InChI=1S/C22H23IN2O4/c1-3-15(2)24(21(27)14-29-18-7-5-4-6-8-18)19-13-20(26)25(22(19)28)17-11-9-16(23)10-12-17/h4-12,15,19H,3,13-14H2,1-2H3. The average Bonchev–Trinajstić information content (AvgIpc) is 3.01. The normalized spacial score (nSPS) is 17.3. The highest BCUT2D eigenvalue weighted by molar-refractivity contribution is 14.1. The van der Waals surface area contributed by atoms with E-state index >= 15 is 0 Å². The monoisotopic (exact) mass is 506 g/mol. The van der Waals surface area contributed by atoms with Crippen LogP contribution in [-0.4, -0.2) is 41.3 Å². The van der Waals surface area contributed by atoms with E-state index in [4.69, 9.17) is 4.74 Å². The van der Waals surface area contributed by atoms with Gasteiger partial charge in [0.05, 0.1) is 12.1 Å². The smallest absolute Gasteiger partial charge is 0.261 e. The number of ether oxygens (including phenoxy) is 1. The Morgan fingerprint density at radius 3 is 2.45 bits per heavy atom. The number of amides is 3. The molecule has 2 aromatic carbocycles. The number of hydrogen-bond donors (Lipinski definition) is 0. The molecule has 7 heteroatoms. The molecule has 1 heterocycles. The van der Waals surface area contributed by atoms with Gasteiger partial charge in [0.1, 0.15) is 11.8 Å². The summed E-state index contributed by atoms with van der Waals surface area (Å²) in [6.45, 7) is 3.64. The van der Waals surface area contributed by atoms with Crippen LogP contribution in [0.4, 0.5) is 5.69 Å². The predicted octanol–water partition coefficient (Wildman–Crippen LogP) is 3.63. The topological polar surface area (TPSA) is 66.9 Å². The van der Waals surface area contributed by atoms with E-state index in [0.29, 0.717) is 17.9 Å². The first-order valence-electron chi connectivity index (χ1n) is 9.53. The van der Waals surface area contributed by atoms with Crippen LogP contribution < -0.4 is 9.64 Å². The summed E-state index contributed by atoms with van der Waals surface area (Å²) in [7, 11) is 0. The number of anilines is 1. The summed E-state index contributed by atoms with van der Waals surface area (Å²) < 4.78 is 6.60. The van der Waals surface area contributed by atoms with Crippen molar-refractivity contribution in [2.24, 2.45) is 0 Å². The Kier molecular flexibility index (Phi) is 6.89. The first-order chi connectivity index (χ1) is 13.9. The Hall–Kier alpha value is -2.42. The van der Waals surface area contributed by atoms with E-state index in [0.717, 1.165) is 3.57 Å². The molecule has 1 aliphatic heterocycles. The molecule has 0 spiro atoms. The van der Waals surface area contributed by atoms with Crippen LogP contribution in [0, 0.1) is 3.57 Å². The van der Waals surface area contributed by atoms with Gasteiger partial charge < -0.3 is 9.64 Å². The highest BCUT2D eigenvalue weighted by atomic mass is 127. The second kappa shape index (κ2) is 9.39. The van der Waals surface area contributed by atoms with Gasteiger partial charge in [-0.2, -0.15) is 0 Å². The number of halogens is 1. The molecule has 0 radical (unpaired) electrons. The zero-order chi connectivity index (χ0) is 21.0. The quantitative estimate of drug-likeness (QED) is 0.425. The highest BCUT2D eigenvalue weighted by Crippen LogP contribution is 2.28. The van der Waals surface area contributed by atoms with E-state index in [-0.39, 0.29) is 36.8 Å². The minimum absolute atomic E-state index is 0.0216. The summed E-state index contributed by atoms with van der Waals surface area (Å²) in [6.07, 6.45) is 0.644. The Labute approximate surface area is 184 Å². The maximum Gasteiger partial charge on any atom is 0.261 e. The lowest BCUT2D eigenvalue weighted by Crippen LogP contribution is -2.51.